The standard InChI is InChI=1S/C19H18ClN3O2S.C10H11N3S.C9H10ClNO2/c1-10-23-17-16(12-3-4-12)13(9-22-19(17)26-10)7-14(24)5-11-6-15(20)18(25-2)21-8-11;1-5-13-9-8(6-2-3-6)7(11)4-12-10(9)14-5;1-6(12)3-7-4-8(10)9(13-2)11-5-7/h6,8-9,12H,3-5,7H2,1-2H3;4,6H,2-3,11H2,1H3;4-5H,3H2,1-2H3. The van der Waals surface area contributed by atoms with E-state index >= 15 is 0 Å². The summed E-state index contributed by atoms with van der Waals surface area (Å²) in [4.78, 5) is 51.5. The fourth-order valence-electron chi connectivity index (χ4n) is 6.03. The number of aryl methyl sites for hydroxylation is 2. The molecule has 8 rings (SSSR count). The van der Waals surface area contributed by atoms with Crippen molar-refractivity contribution in [3.05, 3.63) is 84.8 Å². The number of anilines is 1. The Morgan fingerprint density at radius 1 is 0.736 bits per heavy atom. The molecule has 6 heterocycles. The molecule has 0 amide bonds. The molecule has 6 aromatic heterocycles. The van der Waals surface area contributed by atoms with E-state index in [2.05, 4.69) is 29.9 Å². The van der Waals surface area contributed by atoms with Crippen LogP contribution < -0.4 is 15.2 Å². The van der Waals surface area contributed by atoms with Crippen LogP contribution in [0.4, 0.5) is 5.69 Å². The fraction of sp³-hybridized carbons (Fsp3) is 0.368. The molecule has 2 aliphatic rings. The van der Waals surface area contributed by atoms with Crippen LogP contribution >= 0.6 is 45.9 Å². The predicted molar refractivity (Wildman–Crippen MR) is 211 cm³/mol. The summed E-state index contributed by atoms with van der Waals surface area (Å²) < 4.78 is 9.93. The minimum Gasteiger partial charge on any atom is -0.480 e. The number of aromatic nitrogens is 6. The number of nitrogens with two attached hydrogens (primary N) is 1. The van der Waals surface area contributed by atoms with E-state index in [1.807, 2.05) is 20.0 Å². The monoisotopic (exact) mass is 791 g/mol. The van der Waals surface area contributed by atoms with Gasteiger partial charge in [0, 0.05) is 43.4 Å². The van der Waals surface area contributed by atoms with Gasteiger partial charge in [0.15, 0.2) is 0 Å². The van der Waals surface area contributed by atoms with Gasteiger partial charge in [-0.05, 0) is 92.7 Å². The largest absolute Gasteiger partial charge is 0.480 e. The molecule has 2 aliphatic carbocycles. The Hall–Kier alpha value is -4.30. The van der Waals surface area contributed by atoms with Gasteiger partial charge in [-0.1, -0.05) is 45.9 Å². The molecule has 0 atom stereocenters. The zero-order valence-corrected chi connectivity index (χ0v) is 33.2. The number of nitrogen functional groups attached to an aromatic ring is 1. The van der Waals surface area contributed by atoms with E-state index < -0.39 is 0 Å². The Balaban J connectivity index is 0.000000150. The number of halogens is 2. The van der Waals surface area contributed by atoms with Crippen molar-refractivity contribution in [1.82, 2.24) is 29.9 Å². The average Bonchev–Trinajstić information content (AvgIpc) is 4.04. The van der Waals surface area contributed by atoms with Crippen molar-refractivity contribution in [1.29, 1.82) is 0 Å². The number of pyridine rings is 4. The zero-order chi connectivity index (χ0) is 37.8. The van der Waals surface area contributed by atoms with Crippen LogP contribution in [0.5, 0.6) is 11.8 Å². The maximum atomic E-state index is 12.6. The Morgan fingerprint density at radius 3 is 1.72 bits per heavy atom. The van der Waals surface area contributed by atoms with Crippen molar-refractivity contribution in [2.75, 3.05) is 20.0 Å². The predicted octanol–water partition coefficient (Wildman–Crippen LogP) is 8.62. The number of nitrogens with zero attached hydrogens (tertiary/aromatic N) is 6. The minimum absolute atomic E-state index is 0.0861. The van der Waals surface area contributed by atoms with Crippen molar-refractivity contribution in [2.45, 2.75) is 77.6 Å². The molecular weight excluding hydrogens is 754 g/mol. The van der Waals surface area contributed by atoms with Crippen LogP contribution in [0, 0.1) is 13.8 Å². The first-order chi connectivity index (χ1) is 25.4. The van der Waals surface area contributed by atoms with Gasteiger partial charge in [-0.2, -0.15) is 0 Å². The number of hydrogen-bond donors (Lipinski definition) is 1. The van der Waals surface area contributed by atoms with Gasteiger partial charge in [0.2, 0.25) is 11.8 Å². The summed E-state index contributed by atoms with van der Waals surface area (Å²) in [5.74, 6) is 2.11. The quantitative estimate of drug-likeness (QED) is 0.142. The van der Waals surface area contributed by atoms with Crippen molar-refractivity contribution in [2.24, 2.45) is 0 Å². The third-order valence-corrected chi connectivity index (χ3v) is 10.9. The molecule has 15 heteroatoms. The summed E-state index contributed by atoms with van der Waals surface area (Å²) >= 11 is 15.2. The number of carbonyl (C=O) groups is 2. The summed E-state index contributed by atoms with van der Waals surface area (Å²) in [5.41, 5.74) is 13.8. The van der Waals surface area contributed by atoms with Crippen LogP contribution in [0.25, 0.3) is 20.7 Å². The van der Waals surface area contributed by atoms with Crippen LogP contribution in [-0.4, -0.2) is 55.7 Å². The second kappa shape index (κ2) is 16.8. The van der Waals surface area contributed by atoms with Crippen LogP contribution in [0.2, 0.25) is 10.0 Å². The number of methoxy groups -OCH3 is 2. The molecule has 0 bridgehead atoms. The van der Waals surface area contributed by atoms with E-state index in [-0.39, 0.29) is 18.0 Å². The second-order valence-electron chi connectivity index (χ2n) is 13.1. The molecule has 0 unspecified atom stereocenters. The number of fused-ring (bicyclic) bond motifs is 2. The number of thiazole rings is 2. The molecule has 53 heavy (non-hydrogen) atoms. The summed E-state index contributed by atoms with van der Waals surface area (Å²) in [6.07, 6.45) is 12.7. The molecule has 0 saturated heterocycles. The van der Waals surface area contributed by atoms with Crippen molar-refractivity contribution in [3.63, 3.8) is 0 Å². The van der Waals surface area contributed by atoms with Crippen LogP contribution in [0.15, 0.2) is 36.9 Å². The highest BCUT2D eigenvalue weighted by molar-refractivity contribution is 7.18. The summed E-state index contributed by atoms with van der Waals surface area (Å²) in [5, 5.41) is 2.93. The molecule has 2 N–H and O–H groups in total. The van der Waals surface area contributed by atoms with Crippen LogP contribution in [-0.2, 0) is 28.9 Å². The van der Waals surface area contributed by atoms with Gasteiger partial charge in [-0.25, -0.2) is 29.9 Å². The first kappa shape index (κ1) is 38.4. The molecule has 0 aliphatic heterocycles. The Bertz CT molecular complexity index is 2300. The Labute approximate surface area is 325 Å². The van der Waals surface area contributed by atoms with E-state index in [1.165, 1.54) is 45.1 Å². The van der Waals surface area contributed by atoms with Gasteiger partial charge in [-0.3, -0.25) is 9.59 Å². The Kier molecular flexibility index (Phi) is 12.2. The number of hydrogen-bond acceptors (Lipinski definition) is 13. The van der Waals surface area contributed by atoms with E-state index in [0.29, 0.717) is 46.5 Å². The number of rotatable bonds is 10. The first-order valence-corrected chi connectivity index (χ1v) is 19.5. The smallest absolute Gasteiger partial charge is 0.232 e. The Morgan fingerprint density at radius 2 is 1.23 bits per heavy atom. The van der Waals surface area contributed by atoms with Gasteiger partial charge in [0.05, 0.1) is 36.1 Å². The van der Waals surface area contributed by atoms with Gasteiger partial charge in [0.25, 0.3) is 0 Å². The highest BCUT2D eigenvalue weighted by atomic mass is 35.5. The topological polar surface area (TPSA) is 156 Å². The molecular formula is C38H39Cl2N7O4S2. The third kappa shape index (κ3) is 9.63. The molecule has 2 fully saturated rings. The normalized spacial score (nSPS) is 13.6. The number of ether oxygens (including phenoxy) is 2. The molecule has 11 nitrogen and oxygen atoms in total. The van der Waals surface area contributed by atoms with Gasteiger partial charge >= 0.3 is 0 Å². The highest BCUT2D eigenvalue weighted by Crippen LogP contribution is 2.46. The van der Waals surface area contributed by atoms with E-state index in [9.17, 15) is 9.59 Å². The zero-order valence-electron chi connectivity index (χ0n) is 30.0. The maximum Gasteiger partial charge on any atom is 0.232 e. The lowest BCUT2D eigenvalue weighted by Crippen LogP contribution is -2.09. The second-order valence-corrected chi connectivity index (χ2v) is 16.3. The molecule has 0 aromatic carbocycles. The lowest BCUT2D eigenvalue weighted by atomic mass is 9.98. The number of Topliss-reactive ketones (excluding diaryl/α,β-unsaturated/α-hetero) is 2. The van der Waals surface area contributed by atoms with Crippen molar-refractivity contribution >= 4 is 83.8 Å². The molecule has 0 spiro atoms. The number of ketones is 2. The van der Waals surface area contributed by atoms with Crippen molar-refractivity contribution < 1.29 is 19.1 Å². The lowest BCUT2D eigenvalue weighted by molar-refractivity contribution is -0.118. The molecule has 276 valence electrons. The summed E-state index contributed by atoms with van der Waals surface area (Å²) in [6.45, 7) is 5.53. The van der Waals surface area contributed by atoms with Crippen LogP contribution in [0.1, 0.15) is 82.3 Å². The SMILES string of the molecule is COc1ncc(CC(=O)Cc2cnc3sc(C)nc3c2C2CC2)cc1Cl.COc1ncc(CC(C)=O)cc1Cl.Cc1nc2c(C3CC3)c(N)cnc2s1. The van der Waals surface area contributed by atoms with Crippen LogP contribution in [0.3, 0.4) is 0 Å². The third-order valence-electron chi connectivity index (χ3n) is 8.59. The molecule has 0 radical (unpaired) electrons. The first-order valence-electron chi connectivity index (χ1n) is 17.1. The van der Waals surface area contributed by atoms with E-state index in [1.54, 1.807) is 53.4 Å². The number of carbonyl (C=O) groups excluding carboxylic acids is 2. The average molecular weight is 793 g/mol. The minimum atomic E-state index is 0.0861. The van der Waals surface area contributed by atoms with Gasteiger partial charge in [-0.15, -0.1) is 0 Å². The van der Waals surface area contributed by atoms with Crippen molar-refractivity contribution in [3.8, 4) is 11.8 Å². The van der Waals surface area contributed by atoms with E-state index in [4.69, 9.17) is 38.4 Å². The molecule has 6 aromatic rings. The summed E-state index contributed by atoms with van der Waals surface area (Å²) in [7, 11) is 3.01. The van der Waals surface area contributed by atoms with E-state index in [0.717, 1.165) is 65.9 Å². The molecule has 2 saturated carbocycles. The highest BCUT2D eigenvalue weighted by Gasteiger charge is 2.31. The lowest BCUT2D eigenvalue weighted by Gasteiger charge is -2.09. The fourth-order valence-corrected chi connectivity index (χ4v) is 8.12. The van der Waals surface area contributed by atoms with Gasteiger partial charge < -0.3 is 15.2 Å². The maximum absolute atomic E-state index is 12.6. The van der Waals surface area contributed by atoms with Gasteiger partial charge in [0.1, 0.15) is 42.3 Å². The summed E-state index contributed by atoms with van der Waals surface area (Å²) in [6, 6.07) is 3.42.